The van der Waals surface area contributed by atoms with Gasteiger partial charge >= 0.3 is 0 Å². The highest BCUT2D eigenvalue weighted by Gasteiger charge is 2.50. The third-order valence-corrected chi connectivity index (χ3v) is 5.56. The number of hydrogen-bond acceptors (Lipinski definition) is 6. The molecule has 4 heterocycles. The summed E-state index contributed by atoms with van der Waals surface area (Å²) in [4.78, 5) is 13.6. The lowest BCUT2D eigenvalue weighted by Gasteiger charge is -2.59. The highest BCUT2D eigenvalue weighted by Crippen LogP contribution is 2.40. The van der Waals surface area contributed by atoms with Gasteiger partial charge in [0.1, 0.15) is 12.1 Å². The van der Waals surface area contributed by atoms with E-state index in [1.54, 1.807) is 6.33 Å². The Hall–Kier alpha value is -1.73. The first-order chi connectivity index (χ1) is 11.6. The smallest absolute Gasteiger partial charge is 0.254 e. The molecule has 2 saturated heterocycles. The fraction of sp³-hybridized carbons (Fsp3) is 0.706. The average Bonchev–Trinajstić information content (AvgIpc) is 2.99. The van der Waals surface area contributed by atoms with Gasteiger partial charge < -0.3 is 9.64 Å². The zero-order valence-electron chi connectivity index (χ0n) is 14.8. The number of nitrogens with zero attached hydrogens (tertiary/aromatic N) is 6. The molecule has 2 aromatic rings. The highest BCUT2D eigenvalue weighted by molar-refractivity contribution is 5.51. The van der Waals surface area contributed by atoms with E-state index in [-0.39, 0.29) is 5.54 Å². The molecule has 2 aliphatic rings. The maximum atomic E-state index is 5.68. The topological polar surface area (TPSA) is 58.8 Å². The normalized spacial score (nSPS) is 23.8. The third-order valence-electron chi connectivity index (χ3n) is 5.56. The van der Waals surface area contributed by atoms with Crippen molar-refractivity contribution in [3.05, 3.63) is 18.1 Å². The van der Waals surface area contributed by atoms with Gasteiger partial charge in [-0.3, -0.25) is 4.90 Å². The molecule has 7 heteroatoms. The summed E-state index contributed by atoms with van der Waals surface area (Å²) in [6, 6.07) is 2.11. The molecular formula is C17H26N6O. The van der Waals surface area contributed by atoms with Crippen LogP contribution in [-0.4, -0.2) is 69.9 Å². The van der Waals surface area contributed by atoms with Crippen LogP contribution in [0.25, 0.3) is 5.78 Å². The number of likely N-dealkylation sites (N-methyl/N-ethyl adjacent to an activating group) is 1. The molecule has 24 heavy (non-hydrogen) atoms. The Kier molecular flexibility index (Phi) is 3.92. The van der Waals surface area contributed by atoms with E-state index in [0.29, 0.717) is 11.7 Å². The fourth-order valence-electron chi connectivity index (χ4n) is 4.17. The minimum absolute atomic E-state index is 0.268. The highest BCUT2D eigenvalue weighted by atomic mass is 16.5. The third kappa shape index (κ3) is 2.56. The zero-order valence-corrected chi connectivity index (χ0v) is 14.8. The van der Waals surface area contributed by atoms with Crippen molar-refractivity contribution in [1.29, 1.82) is 0 Å². The van der Waals surface area contributed by atoms with Crippen LogP contribution in [-0.2, 0) is 4.74 Å². The summed E-state index contributed by atoms with van der Waals surface area (Å²) in [6.45, 7) is 9.01. The standard InChI is InChI=1S/C17H26N6O/c1-4-24-9-14-5-6-21(3)17(8-14)10-22(11-17)15-7-13(2)20-16-18-12-19-23(15)16/h7,12,14H,4-6,8-11H2,1-3H3/t14-/m0/s1. The Morgan fingerprint density at radius 2 is 2.21 bits per heavy atom. The van der Waals surface area contributed by atoms with Crippen LogP contribution >= 0.6 is 0 Å². The van der Waals surface area contributed by atoms with Crippen molar-refractivity contribution in [3.63, 3.8) is 0 Å². The van der Waals surface area contributed by atoms with Crippen LogP contribution in [0.15, 0.2) is 12.4 Å². The summed E-state index contributed by atoms with van der Waals surface area (Å²) < 4.78 is 7.53. The number of aromatic nitrogens is 4. The van der Waals surface area contributed by atoms with Crippen molar-refractivity contribution in [2.45, 2.75) is 32.2 Å². The number of fused-ring (bicyclic) bond motifs is 1. The Morgan fingerprint density at radius 3 is 3.00 bits per heavy atom. The SMILES string of the molecule is CCOC[C@H]1CCN(C)C2(C1)CN(c1cc(C)nc3ncnn13)C2. The molecule has 130 valence electrons. The van der Waals surface area contributed by atoms with Crippen LogP contribution in [0, 0.1) is 12.8 Å². The number of ether oxygens (including phenoxy) is 1. The molecule has 0 radical (unpaired) electrons. The molecule has 4 rings (SSSR count). The summed E-state index contributed by atoms with van der Waals surface area (Å²) in [5.74, 6) is 2.45. The van der Waals surface area contributed by atoms with E-state index in [0.717, 1.165) is 44.4 Å². The van der Waals surface area contributed by atoms with Gasteiger partial charge in [0, 0.05) is 38.1 Å². The number of likely N-dealkylation sites (tertiary alicyclic amines) is 1. The second-order valence-electron chi connectivity index (χ2n) is 7.25. The molecule has 0 N–H and O–H groups in total. The van der Waals surface area contributed by atoms with Crippen LogP contribution in [0.2, 0.25) is 0 Å². The minimum Gasteiger partial charge on any atom is -0.381 e. The quantitative estimate of drug-likeness (QED) is 0.844. The number of hydrogen-bond donors (Lipinski definition) is 0. The molecule has 2 aromatic heterocycles. The van der Waals surface area contributed by atoms with Gasteiger partial charge in [0.05, 0.1) is 5.54 Å². The van der Waals surface area contributed by atoms with Crippen molar-refractivity contribution < 1.29 is 4.74 Å². The van der Waals surface area contributed by atoms with Gasteiger partial charge in [-0.15, -0.1) is 0 Å². The van der Waals surface area contributed by atoms with Gasteiger partial charge in [-0.1, -0.05) is 0 Å². The van der Waals surface area contributed by atoms with Crippen LogP contribution in [0.4, 0.5) is 5.82 Å². The molecule has 0 amide bonds. The molecule has 0 unspecified atom stereocenters. The maximum absolute atomic E-state index is 5.68. The van der Waals surface area contributed by atoms with Crippen molar-refractivity contribution in [2.75, 3.05) is 44.8 Å². The van der Waals surface area contributed by atoms with Gasteiger partial charge in [-0.2, -0.15) is 14.6 Å². The van der Waals surface area contributed by atoms with Crippen LogP contribution < -0.4 is 4.90 Å². The molecule has 7 nitrogen and oxygen atoms in total. The second-order valence-corrected chi connectivity index (χ2v) is 7.25. The maximum Gasteiger partial charge on any atom is 0.254 e. The Bertz CT molecular complexity index is 721. The molecule has 1 spiro atoms. The van der Waals surface area contributed by atoms with E-state index in [2.05, 4.69) is 44.9 Å². The number of aryl methyl sites for hydroxylation is 1. The number of anilines is 1. The van der Waals surface area contributed by atoms with Gasteiger partial charge in [-0.05, 0) is 46.2 Å². The van der Waals surface area contributed by atoms with Gasteiger partial charge in [0.2, 0.25) is 0 Å². The lowest BCUT2D eigenvalue weighted by Crippen LogP contribution is -2.72. The molecule has 0 saturated carbocycles. The molecule has 0 bridgehead atoms. The van der Waals surface area contributed by atoms with Crippen LogP contribution in [0.1, 0.15) is 25.5 Å². The van der Waals surface area contributed by atoms with Gasteiger partial charge in [0.25, 0.3) is 5.78 Å². The van der Waals surface area contributed by atoms with Gasteiger partial charge in [0.15, 0.2) is 0 Å². The summed E-state index contributed by atoms with van der Waals surface area (Å²) in [7, 11) is 2.26. The van der Waals surface area contributed by atoms with E-state index in [1.807, 2.05) is 11.4 Å². The number of rotatable bonds is 4. The summed E-state index contributed by atoms with van der Waals surface area (Å²) in [5.41, 5.74) is 1.25. The molecule has 0 aliphatic carbocycles. The minimum atomic E-state index is 0.268. The second kappa shape index (κ2) is 5.97. The predicted octanol–water partition coefficient (Wildman–Crippen LogP) is 1.37. The van der Waals surface area contributed by atoms with E-state index in [1.165, 1.54) is 12.8 Å². The molecule has 2 fully saturated rings. The first-order valence-corrected chi connectivity index (χ1v) is 8.82. The Labute approximate surface area is 142 Å². The van der Waals surface area contributed by atoms with Crippen molar-refractivity contribution in [2.24, 2.45) is 5.92 Å². The van der Waals surface area contributed by atoms with Crippen LogP contribution in [0.5, 0.6) is 0 Å². The largest absolute Gasteiger partial charge is 0.381 e. The summed E-state index contributed by atoms with van der Waals surface area (Å²) in [5, 5.41) is 4.34. The lowest BCUT2D eigenvalue weighted by atomic mass is 9.75. The zero-order chi connectivity index (χ0) is 16.7. The van der Waals surface area contributed by atoms with Crippen LogP contribution in [0.3, 0.4) is 0 Å². The van der Waals surface area contributed by atoms with Crippen molar-refractivity contribution >= 4 is 11.6 Å². The summed E-state index contributed by atoms with van der Waals surface area (Å²) in [6.07, 6.45) is 4.02. The summed E-state index contributed by atoms with van der Waals surface area (Å²) >= 11 is 0. The van der Waals surface area contributed by atoms with E-state index < -0.39 is 0 Å². The average molecular weight is 330 g/mol. The first-order valence-electron chi connectivity index (χ1n) is 8.82. The number of piperidine rings is 1. The lowest BCUT2D eigenvalue weighted by molar-refractivity contribution is -0.0105. The van der Waals surface area contributed by atoms with Crippen molar-refractivity contribution in [3.8, 4) is 0 Å². The molecular weight excluding hydrogens is 304 g/mol. The monoisotopic (exact) mass is 330 g/mol. The predicted molar refractivity (Wildman–Crippen MR) is 92.3 cm³/mol. The molecule has 2 aliphatic heterocycles. The Morgan fingerprint density at radius 1 is 1.38 bits per heavy atom. The van der Waals surface area contributed by atoms with Crippen molar-refractivity contribution in [1.82, 2.24) is 24.5 Å². The van der Waals surface area contributed by atoms with Gasteiger partial charge in [-0.25, -0.2) is 4.98 Å². The fourth-order valence-corrected chi connectivity index (χ4v) is 4.17. The molecule has 1 atom stereocenters. The first kappa shape index (κ1) is 15.8. The van der Waals surface area contributed by atoms with E-state index in [4.69, 9.17) is 4.74 Å². The van der Waals surface area contributed by atoms with E-state index in [9.17, 15) is 0 Å². The Balaban J connectivity index is 1.52. The van der Waals surface area contributed by atoms with E-state index >= 15 is 0 Å². The molecule has 0 aromatic carbocycles.